The number of nitrogens with zero attached hydrogens (tertiary/aromatic N) is 1. The van der Waals surface area contributed by atoms with Crippen LogP contribution in [0.15, 0.2) is 42.5 Å². The van der Waals surface area contributed by atoms with Gasteiger partial charge in [-0.1, -0.05) is 12.1 Å². The number of urea groups is 1. The van der Waals surface area contributed by atoms with Crippen molar-refractivity contribution in [1.82, 2.24) is 4.90 Å². The molecule has 2 aromatic carbocycles. The molecule has 25 heavy (non-hydrogen) atoms. The van der Waals surface area contributed by atoms with Gasteiger partial charge in [0.2, 0.25) is 6.79 Å². The van der Waals surface area contributed by atoms with Gasteiger partial charge in [-0.25, -0.2) is 9.18 Å². The Labute approximate surface area is 145 Å². The van der Waals surface area contributed by atoms with Crippen molar-refractivity contribution in [3.05, 3.63) is 53.8 Å². The van der Waals surface area contributed by atoms with Gasteiger partial charge in [-0.15, -0.1) is 0 Å². The third-order valence-corrected chi connectivity index (χ3v) is 4.62. The second-order valence-corrected chi connectivity index (χ2v) is 6.32. The summed E-state index contributed by atoms with van der Waals surface area (Å²) in [4.78, 5) is 14.5. The molecule has 130 valence electrons. The van der Waals surface area contributed by atoms with E-state index in [4.69, 9.17) is 9.47 Å². The third-order valence-electron chi connectivity index (χ3n) is 4.62. The highest BCUT2D eigenvalue weighted by molar-refractivity contribution is 5.90. The first kappa shape index (κ1) is 15.7. The van der Waals surface area contributed by atoms with Gasteiger partial charge in [-0.2, -0.15) is 0 Å². The zero-order valence-corrected chi connectivity index (χ0v) is 13.7. The molecule has 0 unspecified atom stereocenters. The first-order valence-corrected chi connectivity index (χ1v) is 8.41. The Kier molecular flexibility index (Phi) is 4.17. The van der Waals surface area contributed by atoms with Gasteiger partial charge in [0, 0.05) is 24.3 Å². The fourth-order valence-corrected chi connectivity index (χ4v) is 3.42. The number of nitrogens with one attached hydrogen (secondary N) is 1. The van der Waals surface area contributed by atoms with Crippen molar-refractivity contribution < 1.29 is 18.7 Å². The minimum absolute atomic E-state index is 0.0795. The van der Waals surface area contributed by atoms with E-state index in [0.717, 1.165) is 18.4 Å². The first-order valence-electron chi connectivity index (χ1n) is 8.41. The van der Waals surface area contributed by atoms with Gasteiger partial charge in [-0.3, -0.25) is 0 Å². The van der Waals surface area contributed by atoms with Gasteiger partial charge in [-0.05, 0) is 49.1 Å². The van der Waals surface area contributed by atoms with E-state index in [1.807, 2.05) is 11.0 Å². The summed E-state index contributed by atoms with van der Waals surface area (Å²) in [5.74, 6) is 1.07. The van der Waals surface area contributed by atoms with Crippen molar-refractivity contribution in [2.45, 2.75) is 25.3 Å². The van der Waals surface area contributed by atoms with E-state index in [1.54, 1.807) is 24.3 Å². The van der Waals surface area contributed by atoms with E-state index in [0.29, 0.717) is 30.2 Å². The summed E-state index contributed by atoms with van der Waals surface area (Å²) in [7, 11) is 0. The topological polar surface area (TPSA) is 50.8 Å². The van der Waals surface area contributed by atoms with Gasteiger partial charge >= 0.3 is 6.03 Å². The monoisotopic (exact) mass is 342 g/mol. The van der Waals surface area contributed by atoms with Crippen LogP contribution in [-0.4, -0.2) is 30.3 Å². The third kappa shape index (κ3) is 3.38. The normalized spacial score (nSPS) is 18.4. The molecule has 0 spiro atoms. The number of carbonyl (C=O) groups is 1. The second kappa shape index (κ2) is 6.63. The van der Waals surface area contributed by atoms with Gasteiger partial charge < -0.3 is 19.7 Å². The number of carbonyl (C=O) groups excluding carboxylic acids is 1. The number of hydrogen-bond donors (Lipinski definition) is 1. The summed E-state index contributed by atoms with van der Waals surface area (Å²) in [6.07, 6.45) is 2.53. The van der Waals surface area contributed by atoms with Gasteiger partial charge in [0.15, 0.2) is 11.5 Å². The maximum Gasteiger partial charge on any atom is 0.322 e. The number of benzene rings is 2. The van der Waals surface area contributed by atoms with Gasteiger partial charge in [0.25, 0.3) is 0 Å². The SMILES string of the molecule is O=C(Nc1ccc2c(c1)OCO2)N1CCC[C@@H]1Cc1cccc(F)c1. The van der Waals surface area contributed by atoms with Crippen LogP contribution in [0.2, 0.25) is 0 Å². The molecule has 2 aliphatic rings. The van der Waals surface area contributed by atoms with E-state index < -0.39 is 0 Å². The fraction of sp³-hybridized carbons (Fsp3) is 0.316. The number of halogens is 1. The highest BCUT2D eigenvalue weighted by atomic mass is 19.1. The first-order chi connectivity index (χ1) is 12.2. The van der Waals surface area contributed by atoms with Crippen LogP contribution in [0.3, 0.4) is 0 Å². The lowest BCUT2D eigenvalue weighted by atomic mass is 10.0. The summed E-state index contributed by atoms with van der Waals surface area (Å²) in [5, 5.41) is 2.92. The number of rotatable bonds is 3. The molecule has 2 aliphatic heterocycles. The molecule has 0 bridgehead atoms. The zero-order valence-electron chi connectivity index (χ0n) is 13.7. The molecule has 2 aromatic rings. The van der Waals surface area contributed by atoms with Crippen LogP contribution in [0.25, 0.3) is 0 Å². The highest BCUT2D eigenvalue weighted by Gasteiger charge is 2.29. The van der Waals surface area contributed by atoms with Crippen LogP contribution >= 0.6 is 0 Å². The average Bonchev–Trinajstić information content (AvgIpc) is 3.23. The molecule has 2 heterocycles. The Morgan fingerprint density at radius 3 is 2.96 bits per heavy atom. The second-order valence-electron chi connectivity index (χ2n) is 6.32. The molecule has 1 fully saturated rings. The molecule has 4 rings (SSSR count). The lowest BCUT2D eigenvalue weighted by Gasteiger charge is -2.25. The van der Waals surface area contributed by atoms with Crippen LogP contribution in [0.5, 0.6) is 11.5 Å². The smallest absolute Gasteiger partial charge is 0.322 e. The Bertz CT molecular complexity index is 796. The molecule has 6 heteroatoms. The van der Waals surface area contributed by atoms with E-state index in [-0.39, 0.29) is 24.7 Å². The molecule has 0 radical (unpaired) electrons. The van der Waals surface area contributed by atoms with Gasteiger partial charge in [0.1, 0.15) is 5.82 Å². The van der Waals surface area contributed by atoms with Crippen LogP contribution in [-0.2, 0) is 6.42 Å². The molecule has 0 saturated carbocycles. The Hall–Kier alpha value is -2.76. The standard InChI is InChI=1S/C19H19FN2O3/c20-14-4-1-3-13(9-14)10-16-5-2-8-22(16)19(23)21-15-6-7-17-18(11-15)25-12-24-17/h1,3-4,6-7,9,11,16H,2,5,8,10,12H2,(H,21,23)/t16-/m1/s1. The Morgan fingerprint density at radius 2 is 2.08 bits per heavy atom. The number of ether oxygens (including phenoxy) is 2. The molecule has 0 aliphatic carbocycles. The minimum atomic E-state index is -0.244. The number of likely N-dealkylation sites (tertiary alicyclic amines) is 1. The number of fused-ring (bicyclic) bond motifs is 1. The molecular formula is C19H19FN2O3. The average molecular weight is 342 g/mol. The summed E-state index contributed by atoms with van der Waals surface area (Å²) < 4.78 is 24.0. The number of amides is 2. The quantitative estimate of drug-likeness (QED) is 0.923. The van der Waals surface area contributed by atoms with Crippen molar-refractivity contribution in [2.75, 3.05) is 18.7 Å². The summed E-state index contributed by atoms with van der Waals surface area (Å²) >= 11 is 0. The van der Waals surface area contributed by atoms with E-state index in [2.05, 4.69) is 5.32 Å². The molecule has 5 nitrogen and oxygen atoms in total. The molecule has 2 amide bonds. The van der Waals surface area contributed by atoms with Crippen LogP contribution < -0.4 is 14.8 Å². The van der Waals surface area contributed by atoms with Crippen molar-refractivity contribution in [3.8, 4) is 11.5 Å². The predicted octanol–water partition coefficient (Wildman–Crippen LogP) is 3.79. The van der Waals surface area contributed by atoms with E-state index >= 15 is 0 Å². The summed E-state index contributed by atoms with van der Waals surface area (Å²) in [6.45, 7) is 0.908. The molecule has 1 atom stereocenters. The largest absolute Gasteiger partial charge is 0.454 e. The highest BCUT2D eigenvalue weighted by Crippen LogP contribution is 2.34. The maximum absolute atomic E-state index is 13.4. The van der Waals surface area contributed by atoms with Crippen molar-refractivity contribution in [1.29, 1.82) is 0 Å². The maximum atomic E-state index is 13.4. The van der Waals surface area contributed by atoms with Gasteiger partial charge in [0.05, 0.1) is 0 Å². The predicted molar refractivity (Wildman–Crippen MR) is 91.4 cm³/mol. The van der Waals surface area contributed by atoms with Crippen molar-refractivity contribution in [3.63, 3.8) is 0 Å². The lowest BCUT2D eigenvalue weighted by Crippen LogP contribution is -2.39. The van der Waals surface area contributed by atoms with Crippen LogP contribution in [0, 0.1) is 5.82 Å². The molecule has 0 aromatic heterocycles. The zero-order chi connectivity index (χ0) is 17.2. The number of hydrogen-bond acceptors (Lipinski definition) is 3. The Morgan fingerprint density at radius 1 is 1.20 bits per heavy atom. The minimum Gasteiger partial charge on any atom is -0.454 e. The fourth-order valence-electron chi connectivity index (χ4n) is 3.42. The molecule has 1 saturated heterocycles. The van der Waals surface area contributed by atoms with E-state index in [1.165, 1.54) is 12.1 Å². The summed E-state index contributed by atoms with van der Waals surface area (Å²) in [5.41, 5.74) is 1.58. The number of anilines is 1. The lowest BCUT2D eigenvalue weighted by molar-refractivity contribution is 0.174. The molecular weight excluding hydrogens is 323 g/mol. The van der Waals surface area contributed by atoms with Crippen molar-refractivity contribution >= 4 is 11.7 Å². The van der Waals surface area contributed by atoms with Crippen LogP contribution in [0.1, 0.15) is 18.4 Å². The van der Waals surface area contributed by atoms with E-state index in [9.17, 15) is 9.18 Å². The molecule has 1 N–H and O–H groups in total. The Balaban J connectivity index is 1.43. The van der Waals surface area contributed by atoms with Crippen LogP contribution in [0.4, 0.5) is 14.9 Å². The summed E-state index contributed by atoms with van der Waals surface area (Å²) in [6, 6.07) is 11.8. The van der Waals surface area contributed by atoms with Crippen molar-refractivity contribution in [2.24, 2.45) is 0 Å².